The lowest BCUT2D eigenvalue weighted by molar-refractivity contribution is -0.159. The van der Waals surface area contributed by atoms with Crippen LogP contribution in [0.15, 0.2) is 28.7 Å². The van der Waals surface area contributed by atoms with Gasteiger partial charge in [0.25, 0.3) is 0 Å². The van der Waals surface area contributed by atoms with E-state index in [0.29, 0.717) is 6.42 Å². The third-order valence-corrected chi connectivity index (χ3v) is 3.45. The number of hydrogen-bond donors (Lipinski definition) is 3. The van der Waals surface area contributed by atoms with Gasteiger partial charge < -0.3 is 20.4 Å². The number of hydrogen-bond acceptors (Lipinski definition) is 4. The summed E-state index contributed by atoms with van der Waals surface area (Å²) >= 11 is 3.37. The Morgan fingerprint density at radius 2 is 1.62 bits per heavy atom. The first kappa shape index (κ1) is 22.1. The maximum absolute atomic E-state index is 11.7. The van der Waals surface area contributed by atoms with Gasteiger partial charge in [-0.1, -0.05) is 29.3 Å². The zero-order valence-corrected chi connectivity index (χ0v) is 15.4. The number of carbonyl (C=O) groups excluding carboxylic acids is 1. The van der Waals surface area contributed by atoms with Gasteiger partial charge in [-0.05, 0) is 44.3 Å². The van der Waals surface area contributed by atoms with Crippen molar-refractivity contribution in [2.75, 3.05) is 25.5 Å². The molecule has 1 amide bonds. The summed E-state index contributed by atoms with van der Waals surface area (Å²) in [4.78, 5) is 32.1. The number of benzene rings is 1. The van der Waals surface area contributed by atoms with Crippen molar-refractivity contribution in [2.24, 2.45) is 0 Å². The van der Waals surface area contributed by atoms with Crippen molar-refractivity contribution < 1.29 is 24.6 Å². The van der Waals surface area contributed by atoms with Gasteiger partial charge in [-0.2, -0.15) is 0 Å². The Hall–Kier alpha value is -1.93. The number of unbranched alkanes of at least 4 members (excludes halogenated alkanes) is 1. The Bertz CT molecular complexity index is 522. The maximum atomic E-state index is 11.7. The minimum Gasteiger partial charge on any atom is -0.473 e. The maximum Gasteiger partial charge on any atom is 0.414 e. The van der Waals surface area contributed by atoms with Crippen molar-refractivity contribution in [1.82, 2.24) is 4.90 Å². The van der Waals surface area contributed by atoms with Crippen LogP contribution in [0.2, 0.25) is 0 Å². The van der Waals surface area contributed by atoms with E-state index in [4.69, 9.17) is 19.8 Å². The van der Waals surface area contributed by atoms with Gasteiger partial charge in [0.2, 0.25) is 5.91 Å². The van der Waals surface area contributed by atoms with Crippen molar-refractivity contribution in [1.29, 1.82) is 0 Å². The number of carbonyl (C=O) groups is 3. The van der Waals surface area contributed by atoms with Gasteiger partial charge in [0.05, 0.1) is 0 Å². The summed E-state index contributed by atoms with van der Waals surface area (Å²) in [6, 6.07) is 7.62. The fraction of sp³-hybridized carbons (Fsp3) is 0.438. The Kier molecular flexibility index (Phi) is 11.5. The number of anilines is 1. The summed E-state index contributed by atoms with van der Waals surface area (Å²) in [6.45, 7) is 4.04. The molecule has 1 rings (SSSR count). The summed E-state index contributed by atoms with van der Waals surface area (Å²) in [6.07, 6.45) is 2.91. The number of amides is 1. The third-order valence-electron chi connectivity index (χ3n) is 2.92. The highest BCUT2D eigenvalue weighted by atomic mass is 79.9. The number of nitrogens with zero attached hydrogens (tertiary/aromatic N) is 1. The molecule has 0 aliphatic heterocycles. The predicted molar refractivity (Wildman–Crippen MR) is 95.1 cm³/mol. The van der Waals surface area contributed by atoms with Crippen LogP contribution in [0.5, 0.6) is 0 Å². The van der Waals surface area contributed by atoms with Crippen LogP contribution in [0.1, 0.15) is 26.2 Å². The summed E-state index contributed by atoms with van der Waals surface area (Å²) in [5, 5.41) is 17.7. The zero-order valence-electron chi connectivity index (χ0n) is 13.8. The van der Waals surface area contributed by atoms with Crippen LogP contribution in [0, 0.1) is 0 Å². The van der Waals surface area contributed by atoms with E-state index in [2.05, 4.69) is 40.1 Å². The van der Waals surface area contributed by atoms with Gasteiger partial charge in [-0.25, -0.2) is 9.59 Å². The van der Waals surface area contributed by atoms with Gasteiger partial charge in [0.1, 0.15) is 0 Å². The molecule has 0 radical (unpaired) electrons. The number of nitrogens with one attached hydrogen (secondary N) is 1. The molecular formula is C16H23BrN2O5. The molecule has 1 aromatic carbocycles. The van der Waals surface area contributed by atoms with E-state index in [0.717, 1.165) is 23.2 Å². The molecule has 0 aliphatic carbocycles. The van der Waals surface area contributed by atoms with Crippen LogP contribution in [0.4, 0.5) is 5.69 Å². The molecule has 0 aromatic heterocycles. The van der Waals surface area contributed by atoms with Crippen molar-refractivity contribution in [3.8, 4) is 0 Å². The summed E-state index contributed by atoms with van der Waals surface area (Å²) in [5.74, 6) is -3.58. The second-order valence-corrected chi connectivity index (χ2v) is 5.99. The fourth-order valence-electron chi connectivity index (χ4n) is 1.59. The van der Waals surface area contributed by atoms with E-state index in [1.807, 2.05) is 24.3 Å². The zero-order chi connectivity index (χ0) is 18.5. The summed E-state index contributed by atoms with van der Waals surface area (Å²) in [5.41, 5.74) is 0.847. The van der Waals surface area contributed by atoms with Crippen LogP contribution in [-0.4, -0.2) is 53.1 Å². The van der Waals surface area contributed by atoms with E-state index in [9.17, 15) is 4.79 Å². The van der Waals surface area contributed by atoms with Crippen molar-refractivity contribution in [3.05, 3.63) is 28.7 Å². The first-order valence-corrected chi connectivity index (χ1v) is 8.25. The van der Waals surface area contributed by atoms with Gasteiger partial charge in [-0.15, -0.1) is 0 Å². The van der Waals surface area contributed by atoms with Crippen LogP contribution in [0.25, 0.3) is 0 Å². The highest BCUT2D eigenvalue weighted by Gasteiger charge is 2.05. The van der Waals surface area contributed by atoms with E-state index in [1.165, 1.54) is 12.8 Å². The molecule has 3 N–H and O–H groups in total. The fourth-order valence-corrected chi connectivity index (χ4v) is 1.85. The molecule has 0 saturated heterocycles. The van der Waals surface area contributed by atoms with Gasteiger partial charge >= 0.3 is 11.9 Å². The van der Waals surface area contributed by atoms with Crippen LogP contribution in [-0.2, 0) is 14.4 Å². The Morgan fingerprint density at radius 3 is 2.08 bits per heavy atom. The normalized spacial score (nSPS) is 9.83. The monoisotopic (exact) mass is 402 g/mol. The standard InChI is InChI=1S/C14H21BrN2O.C2H2O4/c1-3-4-10-17(2)11-9-14(18)16-13-7-5-12(15)6-8-13;3-1(4)2(5)6/h5-8H,3-4,9-11H2,1-2H3,(H,16,18);(H,3,4)(H,5,6). The molecule has 0 aliphatic rings. The van der Waals surface area contributed by atoms with Gasteiger partial charge in [-0.3, -0.25) is 4.79 Å². The first-order valence-electron chi connectivity index (χ1n) is 7.46. The third kappa shape index (κ3) is 11.6. The molecule has 0 fully saturated rings. The lowest BCUT2D eigenvalue weighted by Gasteiger charge is -2.15. The molecule has 0 heterocycles. The van der Waals surface area contributed by atoms with Crippen LogP contribution < -0.4 is 5.32 Å². The first-order chi connectivity index (χ1) is 11.3. The van der Waals surface area contributed by atoms with Crippen molar-refractivity contribution in [3.63, 3.8) is 0 Å². The molecular weight excluding hydrogens is 380 g/mol. The lowest BCUT2D eigenvalue weighted by atomic mass is 10.3. The second-order valence-electron chi connectivity index (χ2n) is 5.07. The predicted octanol–water partition coefficient (Wildman–Crippen LogP) is 2.67. The highest BCUT2D eigenvalue weighted by Crippen LogP contribution is 2.14. The molecule has 24 heavy (non-hydrogen) atoms. The minimum atomic E-state index is -1.82. The Labute approximate surface area is 149 Å². The molecule has 0 saturated carbocycles. The lowest BCUT2D eigenvalue weighted by Crippen LogP contribution is -2.25. The average molecular weight is 403 g/mol. The van der Waals surface area contributed by atoms with Gasteiger partial charge in [0.15, 0.2) is 0 Å². The molecule has 0 unspecified atom stereocenters. The van der Waals surface area contributed by atoms with E-state index >= 15 is 0 Å². The van der Waals surface area contributed by atoms with Crippen molar-refractivity contribution in [2.45, 2.75) is 26.2 Å². The Morgan fingerprint density at radius 1 is 1.08 bits per heavy atom. The second kappa shape index (κ2) is 12.5. The topological polar surface area (TPSA) is 107 Å². The summed E-state index contributed by atoms with van der Waals surface area (Å²) in [7, 11) is 2.06. The number of rotatable bonds is 7. The molecule has 0 spiro atoms. The van der Waals surface area contributed by atoms with E-state index in [1.54, 1.807) is 0 Å². The average Bonchev–Trinajstić information content (AvgIpc) is 2.53. The Balaban J connectivity index is 0.000000754. The van der Waals surface area contributed by atoms with Crippen LogP contribution in [0.3, 0.4) is 0 Å². The molecule has 0 atom stereocenters. The smallest absolute Gasteiger partial charge is 0.414 e. The number of carboxylic acids is 2. The SMILES string of the molecule is CCCCN(C)CCC(=O)Nc1ccc(Br)cc1.O=C(O)C(=O)O. The molecule has 8 heteroatoms. The molecule has 0 bridgehead atoms. The molecule has 134 valence electrons. The van der Waals surface area contributed by atoms with Crippen LogP contribution >= 0.6 is 15.9 Å². The summed E-state index contributed by atoms with van der Waals surface area (Å²) < 4.78 is 1.01. The van der Waals surface area contributed by atoms with Crippen molar-refractivity contribution >= 4 is 39.5 Å². The number of carboxylic acid groups (broad SMARTS) is 2. The van der Waals surface area contributed by atoms with E-state index < -0.39 is 11.9 Å². The number of aliphatic carboxylic acids is 2. The number of halogens is 1. The molecule has 7 nitrogen and oxygen atoms in total. The largest absolute Gasteiger partial charge is 0.473 e. The molecule has 1 aromatic rings. The van der Waals surface area contributed by atoms with E-state index in [-0.39, 0.29) is 5.91 Å². The quantitative estimate of drug-likeness (QED) is 0.605. The minimum absolute atomic E-state index is 0.0701. The van der Waals surface area contributed by atoms with Gasteiger partial charge in [0, 0.05) is 23.1 Å². The highest BCUT2D eigenvalue weighted by molar-refractivity contribution is 9.10.